The summed E-state index contributed by atoms with van der Waals surface area (Å²) in [5.74, 6) is 0.296. The fourth-order valence-corrected chi connectivity index (χ4v) is 2.71. The van der Waals surface area contributed by atoms with Crippen molar-refractivity contribution in [1.29, 1.82) is 0 Å². The van der Waals surface area contributed by atoms with E-state index in [-0.39, 0.29) is 30.4 Å². The molecule has 0 aliphatic rings. The highest BCUT2D eigenvalue weighted by Gasteiger charge is 2.27. The minimum atomic E-state index is -0.538. The molecule has 1 rings (SSSR count). The van der Waals surface area contributed by atoms with E-state index in [9.17, 15) is 14.9 Å². The zero-order chi connectivity index (χ0) is 22.4. The average Bonchev–Trinajstić information content (AvgIpc) is 2.54. The first-order valence-electron chi connectivity index (χ1n) is 9.62. The van der Waals surface area contributed by atoms with Crippen LogP contribution in [0.5, 0.6) is 11.5 Å². The zero-order valence-electron chi connectivity index (χ0n) is 18.7. The van der Waals surface area contributed by atoms with Crippen molar-refractivity contribution in [3.8, 4) is 11.5 Å². The third-order valence-corrected chi connectivity index (χ3v) is 3.68. The molecule has 8 heteroatoms. The summed E-state index contributed by atoms with van der Waals surface area (Å²) < 4.78 is 22.1. The molecule has 0 fully saturated rings. The van der Waals surface area contributed by atoms with Crippen LogP contribution in [0.2, 0.25) is 0 Å². The number of carbonyl (C=O) groups is 1. The molecule has 8 nitrogen and oxygen atoms in total. The maximum atomic E-state index is 11.8. The van der Waals surface area contributed by atoms with E-state index in [1.54, 1.807) is 33.8 Å². The Hall–Kier alpha value is -2.35. The van der Waals surface area contributed by atoms with Crippen LogP contribution >= 0.6 is 0 Å². The monoisotopic (exact) mass is 411 g/mol. The fraction of sp³-hybridized carbons (Fsp3) is 0.667. The summed E-state index contributed by atoms with van der Waals surface area (Å²) in [6.45, 7) is 13.0. The summed E-state index contributed by atoms with van der Waals surface area (Å²) in [6.07, 6.45) is 0.0958. The van der Waals surface area contributed by atoms with Gasteiger partial charge in [0.1, 0.15) is 5.60 Å². The van der Waals surface area contributed by atoms with Gasteiger partial charge in [0.2, 0.25) is 0 Å². The van der Waals surface area contributed by atoms with Crippen molar-refractivity contribution >= 4 is 11.7 Å². The molecule has 29 heavy (non-hydrogen) atoms. The molecule has 0 N–H and O–H groups in total. The van der Waals surface area contributed by atoms with Gasteiger partial charge in [0.25, 0.3) is 5.69 Å². The van der Waals surface area contributed by atoms with Gasteiger partial charge in [-0.05, 0) is 61.0 Å². The highest BCUT2D eigenvalue weighted by molar-refractivity contribution is 5.69. The highest BCUT2D eigenvalue weighted by Crippen LogP contribution is 2.39. The van der Waals surface area contributed by atoms with Gasteiger partial charge in [0.15, 0.2) is 11.5 Å². The Morgan fingerprint density at radius 3 is 2.21 bits per heavy atom. The summed E-state index contributed by atoms with van der Waals surface area (Å²) in [5, 5.41) is 11.6. The van der Waals surface area contributed by atoms with E-state index in [0.717, 1.165) is 0 Å². The Morgan fingerprint density at radius 1 is 1.10 bits per heavy atom. The summed E-state index contributed by atoms with van der Waals surface area (Å²) in [4.78, 5) is 22.9. The van der Waals surface area contributed by atoms with Crippen molar-refractivity contribution in [1.82, 2.24) is 0 Å². The Morgan fingerprint density at radius 2 is 1.72 bits per heavy atom. The van der Waals surface area contributed by atoms with Gasteiger partial charge in [-0.15, -0.1) is 0 Å². The van der Waals surface area contributed by atoms with Gasteiger partial charge in [-0.25, -0.2) is 0 Å². The second-order valence-electron chi connectivity index (χ2n) is 8.73. The molecule has 0 radical (unpaired) electrons. The number of nitro benzene ring substituents is 1. The summed E-state index contributed by atoms with van der Waals surface area (Å²) in [7, 11) is 1.47. The van der Waals surface area contributed by atoms with Crippen LogP contribution in [0.4, 0.5) is 5.69 Å². The highest BCUT2D eigenvalue weighted by atomic mass is 16.6. The number of nitrogens with zero attached hydrogens (tertiary/aromatic N) is 1. The predicted molar refractivity (Wildman–Crippen MR) is 109 cm³/mol. The van der Waals surface area contributed by atoms with Gasteiger partial charge in [0.05, 0.1) is 42.0 Å². The molecule has 0 heterocycles. The fourth-order valence-electron chi connectivity index (χ4n) is 2.71. The van der Waals surface area contributed by atoms with Gasteiger partial charge in [-0.2, -0.15) is 0 Å². The number of hydrogen-bond donors (Lipinski definition) is 0. The third kappa shape index (κ3) is 8.68. The van der Waals surface area contributed by atoms with Crippen molar-refractivity contribution in [2.75, 3.05) is 13.7 Å². The average molecular weight is 411 g/mol. The Bertz CT molecular complexity index is 717. The van der Waals surface area contributed by atoms with Crippen molar-refractivity contribution in [3.05, 3.63) is 27.8 Å². The molecule has 0 saturated heterocycles. The molecule has 1 atom stereocenters. The smallest absolute Gasteiger partial charge is 0.306 e. The molecule has 0 amide bonds. The quantitative estimate of drug-likeness (QED) is 0.245. The molecular weight excluding hydrogens is 378 g/mol. The van der Waals surface area contributed by atoms with Gasteiger partial charge < -0.3 is 18.9 Å². The van der Waals surface area contributed by atoms with Crippen LogP contribution in [0.3, 0.4) is 0 Å². The van der Waals surface area contributed by atoms with Gasteiger partial charge >= 0.3 is 5.97 Å². The maximum Gasteiger partial charge on any atom is 0.306 e. The number of benzene rings is 1. The van der Waals surface area contributed by atoms with Crippen LogP contribution in [-0.4, -0.2) is 35.8 Å². The zero-order valence-corrected chi connectivity index (χ0v) is 18.7. The van der Waals surface area contributed by atoms with Crippen molar-refractivity contribution in [2.45, 2.75) is 78.6 Å². The van der Waals surface area contributed by atoms with Crippen LogP contribution in [-0.2, 0) is 14.3 Å². The van der Waals surface area contributed by atoms with Crippen molar-refractivity contribution in [2.24, 2.45) is 0 Å². The molecule has 0 aromatic heterocycles. The largest absolute Gasteiger partial charge is 0.493 e. The maximum absolute atomic E-state index is 11.8. The lowest BCUT2D eigenvalue weighted by molar-refractivity contribution is -0.386. The summed E-state index contributed by atoms with van der Waals surface area (Å²) in [6, 6.07) is 2.90. The van der Waals surface area contributed by atoms with Crippen LogP contribution < -0.4 is 9.47 Å². The Labute approximate surface area is 172 Å². The lowest BCUT2D eigenvalue weighted by Gasteiger charge is -2.25. The third-order valence-electron chi connectivity index (χ3n) is 3.68. The van der Waals surface area contributed by atoms with Gasteiger partial charge in [-0.1, -0.05) is 0 Å². The molecule has 0 bridgehead atoms. The topological polar surface area (TPSA) is 97.1 Å². The van der Waals surface area contributed by atoms with Crippen LogP contribution in [0.15, 0.2) is 12.1 Å². The number of esters is 1. The molecule has 0 aliphatic carbocycles. The standard InChI is InChI=1S/C21H33NO7/c1-14(28-20(2,3)4)15-12-17(26-8)18(13-16(15)22(24)25)27-11-9-10-19(23)29-21(5,6)7/h12-14H,9-11H2,1-8H3. The SMILES string of the molecule is COc1cc(C(C)OC(C)(C)C)c([N+](=O)[O-])cc1OCCCC(=O)OC(C)(C)C. The number of carbonyl (C=O) groups excluding carboxylic acids is 1. The van der Waals surface area contributed by atoms with Crippen LogP contribution in [0.25, 0.3) is 0 Å². The first kappa shape index (κ1) is 24.7. The number of methoxy groups -OCH3 is 1. The lowest BCUT2D eigenvalue weighted by atomic mass is 10.1. The lowest BCUT2D eigenvalue weighted by Crippen LogP contribution is -2.24. The number of ether oxygens (including phenoxy) is 4. The molecular formula is C21H33NO7. The van der Waals surface area contributed by atoms with Crippen LogP contribution in [0.1, 0.15) is 73.0 Å². The normalized spacial score (nSPS) is 13.0. The Balaban J connectivity index is 2.92. The van der Waals surface area contributed by atoms with E-state index in [4.69, 9.17) is 18.9 Å². The van der Waals surface area contributed by atoms with E-state index in [1.807, 2.05) is 20.8 Å². The van der Waals surface area contributed by atoms with Crippen molar-refractivity contribution < 1.29 is 28.7 Å². The molecule has 164 valence electrons. The molecule has 1 aromatic rings. The van der Waals surface area contributed by atoms with E-state index < -0.39 is 22.2 Å². The van der Waals surface area contributed by atoms with Gasteiger partial charge in [-0.3, -0.25) is 14.9 Å². The molecule has 1 aromatic carbocycles. The predicted octanol–water partition coefficient (Wildman–Crippen LogP) is 4.98. The first-order chi connectivity index (χ1) is 13.2. The van der Waals surface area contributed by atoms with E-state index in [2.05, 4.69) is 0 Å². The van der Waals surface area contributed by atoms with Gasteiger partial charge in [0, 0.05) is 6.42 Å². The van der Waals surface area contributed by atoms with E-state index >= 15 is 0 Å². The molecule has 0 aliphatic heterocycles. The number of hydrogen-bond acceptors (Lipinski definition) is 7. The second kappa shape index (κ2) is 9.91. The summed E-state index contributed by atoms with van der Waals surface area (Å²) >= 11 is 0. The Kier molecular flexibility index (Phi) is 8.44. The second-order valence-corrected chi connectivity index (χ2v) is 8.73. The first-order valence-corrected chi connectivity index (χ1v) is 9.62. The molecule has 0 spiro atoms. The molecule has 1 unspecified atom stereocenters. The number of rotatable bonds is 9. The minimum absolute atomic E-state index is 0.107. The molecule has 0 saturated carbocycles. The minimum Gasteiger partial charge on any atom is -0.493 e. The summed E-state index contributed by atoms with van der Waals surface area (Å²) in [5.41, 5.74) is -0.701. The number of nitro groups is 1. The van der Waals surface area contributed by atoms with Crippen molar-refractivity contribution in [3.63, 3.8) is 0 Å². The van der Waals surface area contributed by atoms with E-state index in [1.165, 1.54) is 13.2 Å². The van der Waals surface area contributed by atoms with Crippen LogP contribution in [0, 0.1) is 10.1 Å². The van der Waals surface area contributed by atoms with E-state index in [0.29, 0.717) is 17.7 Å².